The number of carbonyl (C=O) groups is 1. The van der Waals surface area contributed by atoms with E-state index in [9.17, 15) is 4.79 Å². The Morgan fingerprint density at radius 2 is 1.43 bits per heavy atom. The van der Waals surface area contributed by atoms with E-state index in [1.165, 1.54) is 30.5 Å². The van der Waals surface area contributed by atoms with Crippen LogP contribution in [0.5, 0.6) is 0 Å². The molecule has 0 aromatic heterocycles. The summed E-state index contributed by atoms with van der Waals surface area (Å²) in [6, 6.07) is 25.7. The smallest absolute Gasteiger partial charge is 0.251 e. The maximum absolute atomic E-state index is 13.1. The molecule has 4 heteroatoms. The second kappa shape index (κ2) is 9.49. The van der Waals surface area contributed by atoms with E-state index in [4.69, 9.17) is 0 Å². The molecule has 2 N–H and O–H groups in total. The van der Waals surface area contributed by atoms with Crippen LogP contribution in [0, 0.1) is 6.92 Å². The molecule has 154 valence electrons. The van der Waals surface area contributed by atoms with Gasteiger partial charge in [0.2, 0.25) is 0 Å². The normalized spacial score (nSPS) is 14.8. The van der Waals surface area contributed by atoms with Crippen molar-refractivity contribution < 1.29 is 4.79 Å². The Kier molecular flexibility index (Phi) is 6.33. The molecule has 1 amide bonds. The monoisotopic (exact) mass is 399 g/mol. The Morgan fingerprint density at radius 1 is 0.800 bits per heavy atom. The van der Waals surface area contributed by atoms with Gasteiger partial charge in [0.05, 0.1) is 0 Å². The fourth-order valence-corrected chi connectivity index (χ4v) is 3.88. The number of piperidine rings is 1. The number of nitrogens with one attached hydrogen (secondary N) is 2. The van der Waals surface area contributed by atoms with E-state index in [2.05, 4.69) is 39.8 Å². The zero-order valence-corrected chi connectivity index (χ0v) is 17.5. The van der Waals surface area contributed by atoms with Crippen molar-refractivity contribution in [3.8, 4) is 0 Å². The van der Waals surface area contributed by atoms with Crippen LogP contribution in [-0.4, -0.2) is 19.0 Å². The molecule has 3 aromatic rings. The third-order valence-corrected chi connectivity index (χ3v) is 5.61. The third kappa shape index (κ3) is 5.01. The molecule has 1 atom stereocenters. The zero-order chi connectivity index (χ0) is 20.8. The van der Waals surface area contributed by atoms with Crippen LogP contribution < -0.4 is 15.5 Å². The number of aryl methyl sites for hydroxylation is 1. The van der Waals surface area contributed by atoms with Crippen molar-refractivity contribution in [3.63, 3.8) is 0 Å². The maximum atomic E-state index is 13.1. The average Bonchev–Trinajstić information content (AvgIpc) is 2.80. The Hall–Kier alpha value is -3.27. The number of anilines is 3. The quantitative estimate of drug-likeness (QED) is 0.552. The Morgan fingerprint density at radius 3 is 2.10 bits per heavy atom. The first kappa shape index (κ1) is 20.0. The van der Waals surface area contributed by atoms with Gasteiger partial charge in [-0.05, 0) is 68.1 Å². The number of hydrogen-bond acceptors (Lipinski definition) is 3. The summed E-state index contributed by atoms with van der Waals surface area (Å²) in [5.41, 5.74) is 5.08. The summed E-state index contributed by atoms with van der Waals surface area (Å²) in [5, 5.41) is 6.47. The number of nitrogens with zero attached hydrogens (tertiary/aromatic N) is 1. The standard InChI is InChI=1S/C26H29N3O/c1-20-10-12-23(13-11-20)28-26(30)25(21-8-4-2-5-9-21)27-22-14-16-24(17-15-22)29-18-6-3-7-19-29/h2,4-5,8-17,25,27H,3,6-7,18-19H2,1H3,(H,28,30)/t25-/m1/s1. The Labute approximate surface area is 178 Å². The van der Waals surface area contributed by atoms with Gasteiger partial charge in [-0.1, -0.05) is 48.0 Å². The van der Waals surface area contributed by atoms with Crippen LogP contribution in [0.1, 0.15) is 36.4 Å². The predicted molar refractivity (Wildman–Crippen MR) is 125 cm³/mol. The third-order valence-electron chi connectivity index (χ3n) is 5.61. The molecule has 1 fully saturated rings. The van der Waals surface area contributed by atoms with Crippen molar-refractivity contribution in [1.82, 2.24) is 0 Å². The number of amides is 1. The highest BCUT2D eigenvalue weighted by Gasteiger charge is 2.21. The lowest BCUT2D eigenvalue weighted by Crippen LogP contribution is -2.29. The minimum absolute atomic E-state index is 0.0786. The first-order chi connectivity index (χ1) is 14.7. The van der Waals surface area contributed by atoms with Crippen LogP contribution in [-0.2, 0) is 4.79 Å². The lowest BCUT2D eigenvalue weighted by Gasteiger charge is -2.29. The van der Waals surface area contributed by atoms with Crippen molar-refractivity contribution in [2.24, 2.45) is 0 Å². The largest absolute Gasteiger partial charge is 0.372 e. The second-order valence-electron chi connectivity index (χ2n) is 7.94. The molecule has 0 saturated carbocycles. The topological polar surface area (TPSA) is 44.4 Å². The van der Waals surface area contributed by atoms with Gasteiger partial charge in [-0.25, -0.2) is 0 Å². The molecular weight excluding hydrogens is 370 g/mol. The molecule has 1 aliphatic rings. The van der Waals surface area contributed by atoms with E-state index in [0.29, 0.717) is 0 Å². The summed E-state index contributed by atoms with van der Waals surface area (Å²) in [4.78, 5) is 15.6. The summed E-state index contributed by atoms with van der Waals surface area (Å²) in [6.45, 7) is 4.28. The van der Waals surface area contributed by atoms with Crippen molar-refractivity contribution in [2.45, 2.75) is 32.2 Å². The van der Waals surface area contributed by atoms with Gasteiger partial charge < -0.3 is 15.5 Å². The molecule has 0 unspecified atom stereocenters. The molecule has 1 saturated heterocycles. The predicted octanol–water partition coefficient (Wildman–Crippen LogP) is 5.78. The van der Waals surface area contributed by atoms with Crippen LogP contribution in [0.15, 0.2) is 78.9 Å². The first-order valence-corrected chi connectivity index (χ1v) is 10.7. The van der Waals surface area contributed by atoms with Crippen molar-refractivity contribution in [1.29, 1.82) is 0 Å². The number of carbonyl (C=O) groups excluding carboxylic acids is 1. The molecule has 1 aliphatic heterocycles. The first-order valence-electron chi connectivity index (χ1n) is 10.7. The van der Waals surface area contributed by atoms with Crippen LogP contribution in [0.2, 0.25) is 0 Å². The van der Waals surface area contributed by atoms with Crippen LogP contribution >= 0.6 is 0 Å². The van der Waals surface area contributed by atoms with Crippen molar-refractivity contribution in [3.05, 3.63) is 90.0 Å². The molecular formula is C26H29N3O. The highest BCUT2D eigenvalue weighted by molar-refractivity contribution is 5.97. The van der Waals surface area contributed by atoms with Gasteiger partial charge in [0.1, 0.15) is 6.04 Å². The molecule has 0 spiro atoms. The average molecular weight is 400 g/mol. The van der Waals surface area contributed by atoms with E-state index < -0.39 is 6.04 Å². The summed E-state index contributed by atoms with van der Waals surface area (Å²) >= 11 is 0. The van der Waals surface area contributed by atoms with Crippen LogP contribution in [0.4, 0.5) is 17.1 Å². The van der Waals surface area contributed by atoms with Gasteiger partial charge in [-0.2, -0.15) is 0 Å². The summed E-state index contributed by atoms with van der Waals surface area (Å²) in [6.07, 6.45) is 3.84. The van der Waals surface area contributed by atoms with E-state index >= 15 is 0 Å². The van der Waals surface area contributed by atoms with Gasteiger partial charge in [0.15, 0.2) is 0 Å². The van der Waals surface area contributed by atoms with Crippen molar-refractivity contribution in [2.75, 3.05) is 28.6 Å². The SMILES string of the molecule is Cc1ccc(NC(=O)[C@H](Nc2ccc(N3CCCCC3)cc2)c2ccccc2)cc1. The fraction of sp³-hybridized carbons (Fsp3) is 0.269. The second-order valence-corrected chi connectivity index (χ2v) is 7.94. The minimum Gasteiger partial charge on any atom is -0.372 e. The molecule has 4 rings (SSSR count). The lowest BCUT2D eigenvalue weighted by atomic mass is 10.1. The molecule has 30 heavy (non-hydrogen) atoms. The summed E-state index contributed by atoms with van der Waals surface area (Å²) < 4.78 is 0. The summed E-state index contributed by atoms with van der Waals surface area (Å²) in [7, 11) is 0. The zero-order valence-electron chi connectivity index (χ0n) is 17.5. The number of hydrogen-bond donors (Lipinski definition) is 2. The molecule has 0 radical (unpaired) electrons. The number of benzene rings is 3. The number of rotatable bonds is 6. The molecule has 0 aliphatic carbocycles. The van der Waals surface area contributed by atoms with Crippen molar-refractivity contribution >= 4 is 23.0 Å². The van der Waals surface area contributed by atoms with Gasteiger partial charge in [0, 0.05) is 30.2 Å². The Balaban J connectivity index is 1.51. The maximum Gasteiger partial charge on any atom is 0.251 e. The van der Waals surface area contributed by atoms with Gasteiger partial charge in [-0.15, -0.1) is 0 Å². The highest BCUT2D eigenvalue weighted by atomic mass is 16.2. The lowest BCUT2D eigenvalue weighted by molar-refractivity contribution is -0.117. The van der Waals surface area contributed by atoms with E-state index in [-0.39, 0.29) is 5.91 Å². The Bertz CT molecular complexity index is 946. The molecule has 1 heterocycles. The van der Waals surface area contributed by atoms with Crippen LogP contribution in [0.25, 0.3) is 0 Å². The van der Waals surface area contributed by atoms with E-state index in [0.717, 1.165) is 30.0 Å². The van der Waals surface area contributed by atoms with E-state index in [1.807, 2.05) is 61.5 Å². The molecule has 4 nitrogen and oxygen atoms in total. The van der Waals surface area contributed by atoms with Crippen LogP contribution in [0.3, 0.4) is 0 Å². The summed E-state index contributed by atoms with van der Waals surface area (Å²) in [5.74, 6) is -0.0786. The molecule has 0 bridgehead atoms. The fourth-order valence-electron chi connectivity index (χ4n) is 3.88. The van der Waals surface area contributed by atoms with Gasteiger partial charge in [0.25, 0.3) is 5.91 Å². The molecule has 3 aromatic carbocycles. The van der Waals surface area contributed by atoms with Gasteiger partial charge >= 0.3 is 0 Å². The van der Waals surface area contributed by atoms with E-state index in [1.54, 1.807) is 0 Å². The highest BCUT2D eigenvalue weighted by Crippen LogP contribution is 2.25. The minimum atomic E-state index is -0.478. The van der Waals surface area contributed by atoms with Gasteiger partial charge in [-0.3, -0.25) is 4.79 Å².